The summed E-state index contributed by atoms with van der Waals surface area (Å²) in [6.07, 6.45) is 1.93. The predicted molar refractivity (Wildman–Crippen MR) is 110 cm³/mol. The van der Waals surface area contributed by atoms with Crippen molar-refractivity contribution < 1.29 is 18.7 Å². The molecule has 0 unspecified atom stereocenters. The fourth-order valence-electron chi connectivity index (χ4n) is 3.47. The van der Waals surface area contributed by atoms with Crippen LogP contribution in [-0.4, -0.2) is 45.0 Å². The second-order valence-corrected chi connectivity index (χ2v) is 7.16. The molecule has 1 aromatic heterocycles. The molecular weight excluding hydrogens is 380 g/mol. The third-order valence-electron chi connectivity index (χ3n) is 5.14. The average molecular weight is 407 g/mol. The van der Waals surface area contributed by atoms with Crippen molar-refractivity contribution in [2.24, 2.45) is 5.41 Å². The highest BCUT2D eigenvalue weighted by Crippen LogP contribution is 2.28. The molecule has 0 saturated carbocycles. The Morgan fingerprint density at radius 2 is 1.82 bits per heavy atom. The first-order valence-corrected chi connectivity index (χ1v) is 9.22. The Kier molecular flexibility index (Phi) is 7.80. The summed E-state index contributed by atoms with van der Waals surface area (Å²) in [5.41, 5.74) is 1.44. The van der Waals surface area contributed by atoms with Gasteiger partial charge in [0.15, 0.2) is 11.5 Å². The number of benzene rings is 1. The van der Waals surface area contributed by atoms with Gasteiger partial charge in [-0.25, -0.2) is 0 Å². The zero-order valence-corrected chi connectivity index (χ0v) is 17.1. The van der Waals surface area contributed by atoms with Crippen LogP contribution in [0.25, 0.3) is 11.3 Å². The average Bonchev–Trinajstić information content (AvgIpc) is 3.17. The highest BCUT2D eigenvalue weighted by Gasteiger charge is 2.32. The number of ketones is 1. The first-order valence-electron chi connectivity index (χ1n) is 9.22. The second-order valence-electron chi connectivity index (χ2n) is 7.16. The van der Waals surface area contributed by atoms with Gasteiger partial charge in [0.05, 0.1) is 6.61 Å². The predicted octanol–water partition coefficient (Wildman–Crippen LogP) is 3.32. The molecule has 2 aromatic rings. The molecule has 0 radical (unpaired) electrons. The minimum Gasteiger partial charge on any atom is -0.451 e. The van der Waals surface area contributed by atoms with Crippen LogP contribution in [0, 0.1) is 5.41 Å². The van der Waals surface area contributed by atoms with E-state index in [0.29, 0.717) is 24.5 Å². The van der Waals surface area contributed by atoms with Gasteiger partial charge in [0.2, 0.25) is 0 Å². The Labute approximate surface area is 171 Å². The molecule has 6 nitrogen and oxygen atoms in total. The normalized spacial score (nSPS) is 15.5. The minimum absolute atomic E-state index is 0. The van der Waals surface area contributed by atoms with Crippen molar-refractivity contribution in [3.05, 3.63) is 47.7 Å². The number of halogens is 1. The maximum Gasteiger partial charge on any atom is 0.287 e. The minimum atomic E-state index is -0.226. The lowest BCUT2D eigenvalue weighted by atomic mass is 9.79. The van der Waals surface area contributed by atoms with E-state index in [0.717, 1.165) is 31.5 Å². The van der Waals surface area contributed by atoms with Gasteiger partial charge in [-0.3, -0.25) is 9.59 Å². The van der Waals surface area contributed by atoms with E-state index >= 15 is 0 Å². The van der Waals surface area contributed by atoms with Crippen LogP contribution in [0.1, 0.15) is 40.7 Å². The van der Waals surface area contributed by atoms with Gasteiger partial charge in [0, 0.05) is 30.2 Å². The summed E-state index contributed by atoms with van der Waals surface area (Å²) in [6, 6.07) is 10.6. The number of hydrogen-bond donors (Lipinski definition) is 2. The van der Waals surface area contributed by atoms with Crippen LogP contribution in [0.4, 0.5) is 0 Å². The van der Waals surface area contributed by atoms with Crippen LogP contribution >= 0.6 is 12.4 Å². The van der Waals surface area contributed by atoms with E-state index < -0.39 is 0 Å². The van der Waals surface area contributed by atoms with Gasteiger partial charge < -0.3 is 19.8 Å². The monoisotopic (exact) mass is 406 g/mol. The number of furan rings is 1. The zero-order valence-electron chi connectivity index (χ0n) is 16.2. The first-order chi connectivity index (χ1) is 13.0. The van der Waals surface area contributed by atoms with Gasteiger partial charge in [-0.2, -0.15) is 0 Å². The molecule has 28 heavy (non-hydrogen) atoms. The van der Waals surface area contributed by atoms with E-state index in [-0.39, 0.29) is 35.3 Å². The number of Topliss-reactive ketones (excluding diaryl/α,β-unsaturated/α-hetero) is 1. The van der Waals surface area contributed by atoms with Crippen LogP contribution in [0.5, 0.6) is 0 Å². The second kappa shape index (κ2) is 9.87. The van der Waals surface area contributed by atoms with E-state index in [2.05, 4.69) is 10.6 Å². The van der Waals surface area contributed by atoms with Gasteiger partial charge in [-0.15, -0.1) is 12.4 Å². The number of carbonyl (C=O) groups is 2. The van der Waals surface area contributed by atoms with Crippen molar-refractivity contribution in [3.8, 4) is 11.3 Å². The standard InChI is InChI=1S/C21H26N2O4.ClH/c1-15(24)16-3-5-17(6-4-16)18-7-8-19(27-18)20(25)23-13-21(14-26-2)9-11-22-12-10-21;/h3-8,22H,9-14H2,1-2H3,(H,23,25);1H. The number of carbonyl (C=O) groups excluding carboxylic acids is 2. The highest BCUT2D eigenvalue weighted by molar-refractivity contribution is 5.94. The lowest BCUT2D eigenvalue weighted by Gasteiger charge is -2.37. The summed E-state index contributed by atoms with van der Waals surface area (Å²) in [4.78, 5) is 23.9. The van der Waals surface area contributed by atoms with Crippen molar-refractivity contribution in [1.82, 2.24) is 10.6 Å². The van der Waals surface area contributed by atoms with Crippen LogP contribution in [0.2, 0.25) is 0 Å². The van der Waals surface area contributed by atoms with E-state index in [1.165, 1.54) is 6.92 Å². The molecule has 1 aliphatic rings. The number of amides is 1. The summed E-state index contributed by atoms with van der Waals surface area (Å²) in [5.74, 6) is 0.672. The lowest BCUT2D eigenvalue weighted by Crippen LogP contribution is -2.47. The van der Waals surface area contributed by atoms with Gasteiger partial charge in [-0.1, -0.05) is 24.3 Å². The van der Waals surface area contributed by atoms with Gasteiger partial charge >= 0.3 is 0 Å². The number of piperidine rings is 1. The van der Waals surface area contributed by atoms with Crippen LogP contribution < -0.4 is 10.6 Å². The van der Waals surface area contributed by atoms with E-state index in [1.54, 1.807) is 31.4 Å². The molecule has 0 atom stereocenters. The van der Waals surface area contributed by atoms with Crippen molar-refractivity contribution in [3.63, 3.8) is 0 Å². The van der Waals surface area contributed by atoms with E-state index in [9.17, 15) is 9.59 Å². The SMILES string of the molecule is COCC1(CNC(=O)c2ccc(-c3ccc(C(C)=O)cc3)o2)CCNCC1.Cl. The van der Waals surface area contributed by atoms with Crippen LogP contribution in [0.3, 0.4) is 0 Å². The largest absolute Gasteiger partial charge is 0.451 e. The number of rotatable bonds is 7. The van der Waals surface area contributed by atoms with Gasteiger partial charge in [0.1, 0.15) is 5.76 Å². The Morgan fingerprint density at radius 1 is 1.14 bits per heavy atom. The smallest absolute Gasteiger partial charge is 0.287 e. The molecule has 1 amide bonds. The molecule has 1 aromatic carbocycles. The first kappa shape index (κ1) is 22.1. The molecule has 7 heteroatoms. The van der Waals surface area contributed by atoms with Crippen LogP contribution in [0.15, 0.2) is 40.8 Å². The van der Waals surface area contributed by atoms with Crippen molar-refractivity contribution in [1.29, 1.82) is 0 Å². The van der Waals surface area contributed by atoms with E-state index in [1.807, 2.05) is 12.1 Å². The maximum atomic E-state index is 12.5. The maximum absolute atomic E-state index is 12.5. The Morgan fingerprint density at radius 3 is 2.43 bits per heavy atom. The summed E-state index contributed by atoms with van der Waals surface area (Å²) in [5, 5.41) is 6.34. The number of hydrogen-bond acceptors (Lipinski definition) is 5. The number of ether oxygens (including phenoxy) is 1. The third kappa shape index (κ3) is 5.22. The summed E-state index contributed by atoms with van der Waals surface area (Å²) < 4.78 is 11.1. The molecule has 2 heterocycles. The molecule has 0 aliphatic carbocycles. The summed E-state index contributed by atoms with van der Waals surface area (Å²) >= 11 is 0. The Bertz CT molecular complexity index is 789. The third-order valence-corrected chi connectivity index (χ3v) is 5.14. The molecule has 0 spiro atoms. The molecular formula is C21H27ClN2O4. The van der Waals surface area contributed by atoms with Crippen molar-refractivity contribution in [2.45, 2.75) is 19.8 Å². The molecule has 2 N–H and O–H groups in total. The Balaban J connectivity index is 0.00000280. The van der Waals surface area contributed by atoms with E-state index in [4.69, 9.17) is 9.15 Å². The zero-order chi connectivity index (χ0) is 19.3. The fraction of sp³-hybridized carbons (Fsp3) is 0.429. The molecule has 3 rings (SSSR count). The molecule has 0 bridgehead atoms. The quantitative estimate of drug-likeness (QED) is 0.689. The van der Waals surface area contributed by atoms with Gasteiger partial charge in [0.25, 0.3) is 5.91 Å². The van der Waals surface area contributed by atoms with Crippen LogP contribution in [-0.2, 0) is 4.74 Å². The molecule has 152 valence electrons. The number of nitrogens with one attached hydrogen (secondary N) is 2. The Hall–Kier alpha value is -2.15. The fourth-order valence-corrected chi connectivity index (χ4v) is 3.47. The summed E-state index contributed by atoms with van der Waals surface area (Å²) in [7, 11) is 1.70. The topological polar surface area (TPSA) is 80.6 Å². The summed E-state index contributed by atoms with van der Waals surface area (Å²) in [6.45, 7) is 4.58. The molecule has 1 aliphatic heterocycles. The number of methoxy groups -OCH3 is 1. The lowest BCUT2D eigenvalue weighted by molar-refractivity contribution is 0.0506. The molecule has 1 saturated heterocycles. The van der Waals surface area contributed by atoms with Gasteiger partial charge in [-0.05, 0) is 45.0 Å². The molecule has 1 fully saturated rings. The van der Waals surface area contributed by atoms with Crippen molar-refractivity contribution in [2.75, 3.05) is 33.4 Å². The van der Waals surface area contributed by atoms with Crippen molar-refractivity contribution >= 4 is 24.1 Å². The highest BCUT2D eigenvalue weighted by atomic mass is 35.5.